The van der Waals surface area contributed by atoms with E-state index < -0.39 is 23.4 Å². The predicted molar refractivity (Wildman–Crippen MR) is 68.4 cm³/mol. The summed E-state index contributed by atoms with van der Waals surface area (Å²) in [6.45, 7) is 5.59. The fraction of sp³-hybridized carbons (Fsp3) is 0.429. The molecule has 2 unspecified atom stereocenters. The van der Waals surface area contributed by atoms with E-state index in [0.29, 0.717) is 0 Å². The van der Waals surface area contributed by atoms with Gasteiger partial charge in [-0.1, -0.05) is 49.3 Å². The smallest absolute Gasteiger partial charge is 0.310 e. The van der Waals surface area contributed by atoms with Gasteiger partial charge in [-0.3, -0.25) is 4.79 Å². The first-order valence-electron chi connectivity index (χ1n) is 5.97. The van der Waals surface area contributed by atoms with Crippen molar-refractivity contribution in [2.45, 2.75) is 26.9 Å². The predicted octanol–water partition coefficient (Wildman–Crippen LogP) is 2.54. The molecule has 1 aliphatic heterocycles. The molecule has 4 nitrogen and oxygen atoms in total. The van der Waals surface area contributed by atoms with Crippen LogP contribution in [0, 0.1) is 11.3 Å². The van der Waals surface area contributed by atoms with Gasteiger partial charge in [-0.15, -0.1) is 0 Å². The quantitative estimate of drug-likeness (QED) is 0.892. The van der Waals surface area contributed by atoms with Gasteiger partial charge < -0.3 is 9.94 Å². The molecule has 18 heavy (non-hydrogen) atoms. The van der Waals surface area contributed by atoms with Crippen LogP contribution >= 0.6 is 0 Å². The number of oxime groups is 1. The summed E-state index contributed by atoms with van der Waals surface area (Å²) < 4.78 is 0. The summed E-state index contributed by atoms with van der Waals surface area (Å²) in [5.41, 5.74) is 1.36. The topological polar surface area (TPSA) is 58.9 Å². The van der Waals surface area contributed by atoms with Gasteiger partial charge in [-0.25, -0.2) is 0 Å². The molecule has 0 radical (unpaired) electrons. The second-order valence-corrected chi connectivity index (χ2v) is 5.18. The van der Waals surface area contributed by atoms with E-state index in [2.05, 4.69) is 5.16 Å². The van der Waals surface area contributed by atoms with Gasteiger partial charge in [0.05, 0.1) is 17.0 Å². The molecule has 0 spiro atoms. The highest BCUT2D eigenvalue weighted by atomic mass is 16.6. The van der Waals surface area contributed by atoms with Crippen LogP contribution in [0.5, 0.6) is 0 Å². The SMILES string of the molecule is CC(C(=O)O)C1ON=C(c2ccccc2)C1(C)C. The van der Waals surface area contributed by atoms with Crippen LogP contribution in [-0.4, -0.2) is 22.9 Å². The molecule has 0 fully saturated rings. The van der Waals surface area contributed by atoms with Crippen molar-refractivity contribution < 1.29 is 14.7 Å². The Morgan fingerprint density at radius 1 is 1.39 bits per heavy atom. The Labute approximate surface area is 106 Å². The lowest BCUT2D eigenvalue weighted by atomic mass is 9.75. The van der Waals surface area contributed by atoms with E-state index in [1.807, 2.05) is 44.2 Å². The number of rotatable bonds is 3. The van der Waals surface area contributed by atoms with E-state index in [9.17, 15) is 4.79 Å². The van der Waals surface area contributed by atoms with Gasteiger partial charge >= 0.3 is 5.97 Å². The number of carbonyl (C=O) groups is 1. The highest BCUT2D eigenvalue weighted by Gasteiger charge is 2.47. The summed E-state index contributed by atoms with van der Waals surface area (Å²) in [4.78, 5) is 16.5. The zero-order valence-electron chi connectivity index (χ0n) is 10.8. The second-order valence-electron chi connectivity index (χ2n) is 5.18. The van der Waals surface area contributed by atoms with Gasteiger partial charge in [-0.2, -0.15) is 0 Å². The summed E-state index contributed by atoms with van der Waals surface area (Å²) in [6.07, 6.45) is -0.440. The third kappa shape index (κ3) is 1.98. The average molecular weight is 247 g/mol. The molecule has 0 amide bonds. The minimum absolute atomic E-state index is 0.418. The summed E-state index contributed by atoms with van der Waals surface area (Å²) in [6, 6.07) is 9.71. The van der Waals surface area contributed by atoms with Crippen molar-refractivity contribution in [3.8, 4) is 0 Å². The Balaban J connectivity index is 2.30. The van der Waals surface area contributed by atoms with Crippen LogP contribution in [0.1, 0.15) is 26.3 Å². The fourth-order valence-corrected chi connectivity index (χ4v) is 2.36. The monoisotopic (exact) mass is 247 g/mol. The highest BCUT2D eigenvalue weighted by molar-refractivity contribution is 6.05. The largest absolute Gasteiger partial charge is 0.481 e. The van der Waals surface area contributed by atoms with E-state index in [4.69, 9.17) is 9.94 Å². The Morgan fingerprint density at radius 3 is 2.56 bits per heavy atom. The van der Waals surface area contributed by atoms with E-state index in [-0.39, 0.29) is 0 Å². The summed E-state index contributed by atoms with van der Waals surface area (Å²) in [7, 11) is 0. The molecular weight excluding hydrogens is 230 g/mol. The maximum Gasteiger partial charge on any atom is 0.310 e. The van der Waals surface area contributed by atoms with Crippen molar-refractivity contribution in [1.82, 2.24) is 0 Å². The first-order chi connectivity index (χ1) is 8.44. The molecule has 0 aliphatic carbocycles. The highest BCUT2D eigenvalue weighted by Crippen LogP contribution is 2.38. The Morgan fingerprint density at radius 2 is 2.00 bits per heavy atom. The van der Waals surface area contributed by atoms with Gasteiger partial charge in [-0.05, 0) is 12.5 Å². The molecule has 96 valence electrons. The summed E-state index contributed by atoms with van der Waals surface area (Å²) >= 11 is 0. The van der Waals surface area contributed by atoms with Crippen LogP contribution in [0.15, 0.2) is 35.5 Å². The molecule has 1 N–H and O–H groups in total. The number of aliphatic carboxylic acids is 1. The molecule has 0 aromatic heterocycles. The Hall–Kier alpha value is -1.84. The molecule has 4 heteroatoms. The molecule has 1 aliphatic rings. The van der Waals surface area contributed by atoms with Crippen molar-refractivity contribution in [1.29, 1.82) is 0 Å². The number of carboxylic acids is 1. The standard InChI is InChI=1S/C14H17NO3/c1-9(13(16)17)12-14(2,3)11(15-18-12)10-7-5-4-6-8-10/h4-9,12H,1-3H3,(H,16,17). The number of nitrogens with zero attached hydrogens (tertiary/aromatic N) is 1. The Bertz CT molecular complexity index is 479. The van der Waals surface area contributed by atoms with Gasteiger partial charge in [0.2, 0.25) is 0 Å². The van der Waals surface area contributed by atoms with Gasteiger partial charge in [0.25, 0.3) is 0 Å². The Kier molecular flexibility index (Phi) is 3.11. The van der Waals surface area contributed by atoms with Gasteiger partial charge in [0, 0.05) is 0 Å². The lowest BCUT2D eigenvalue weighted by Gasteiger charge is -2.28. The minimum Gasteiger partial charge on any atom is -0.481 e. The van der Waals surface area contributed by atoms with Crippen molar-refractivity contribution in [3.63, 3.8) is 0 Å². The lowest BCUT2D eigenvalue weighted by Crippen LogP contribution is -2.40. The molecule has 0 saturated heterocycles. The molecule has 2 rings (SSSR count). The van der Waals surface area contributed by atoms with Crippen molar-refractivity contribution in [2.75, 3.05) is 0 Å². The van der Waals surface area contributed by atoms with Crippen molar-refractivity contribution in [2.24, 2.45) is 16.5 Å². The van der Waals surface area contributed by atoms with E-state index in [1.54, 1.807) is 6.92 Å². The lowest BCUT2D eigenvalue weighted by molar-refractivity contribution is -0.148. The maximum absolute atomic E-state index is 11.1. The maximum atomic E-state index is 11.1. The zero-order valence-corrected chi connectivity index (χ0v) is 10.8. The van der Waals surface area contributed by atoms with E-state index >= 15 is 0 Å². The zero-order chi connectivity index (χ0) is 13.3. The molecule has 1 aromatic rings. The second kappa shape index (κ2) is 4.44. The van der Waals surface area contributed by atoms with E-state index in [0.717, 1.165) is 11.3 Å². The molecule has 0 saturated carbocycles. The van der Waals surface area contributed by atoms with E-state index in [1.165, 1.54) is 0 Å². The van der Waals surface area contributed by atoms with Crippen LogP contribution in [0.25, 0.3) is 0 Å². The molecular formula is C14H17NO3. The number of carboxylic acid groups (broad SMARTS) is 1. The number of hydrogen-bond donors (Lipinski definition) is 1. The first-order valence-corrected chi connectivity index (χ1v) is 5.97. The first kappa shape index (κ1) is 12.6. The number of benzene rings is 1. The molecule has 0 bridgehead atoms. The minimum atomic E-state index is -0.863. The molecule has 1 heterocycles. The van der Waals surface area contributed by atoms with Crippen LogP contribution < -0.4 is 0 Å². The number of hydrogen-bond acceptors (Lipinski definition) is 3. The normalized spacial score (nSPS) is 23.1. The van der Waals surface area contributed by atoms with Crippen LogP contribution in [-0.2, 0) is 9.63 Å². The molecule has 2 atom stereocenters. The van der Waals surface area contributed by atoms with Crippen LogP contribution in [0.3, 0.4) is 0 Å². The third-order valence-electron chi connectivity index (χ3n) is 3.47. The van der Waals surface area contributed by atoms with Gasteiger partial charge in [0.15, 0.2) is 6.10 Å². The summed E-state index contributed by atoms with van der Waals surface area (Å²) in [5.74, 6) is -1.46. The molecule has 1 aromatic carbocycles. The van der Waals surface area contributed by atoms with Crippen LogP contribution in [0.2, 0.25) is 0 Å². The summed E-state index contributed by atoms with van der Waals surface area (Å²) in [5, 5.41) is 13.2. The van der Waals surface area contributed by atoms with Gasteiger partial charge in [0.1, 0.15) is 0 Å². The van der Waals surface area contributed by atoms with Crippen molar-refractivity contribution >= 4 is 11.7 Å². The third-order valence-corrected chi connectivity index (χ3v) is 3.47. The fourth-order valence-electron chi connectivity index (χ4n) is 2.36. The van der Waals surface area contributed by atoms with Crippen molar-refractivity contribution in [3.05, 3.63) is 35.9 Å². The average Bonchev–Trinajstić information content (AvgIpc) is 2.64. The van der Waals surface area contributed by atoms with Crippen LogP contribution in [0.4, 0.5) is 0 Å².